The topological polar surface area (TPSA) is 52.6 Å². The Balaban J connectivity index is 3.20. The van der Waals surface area contributed by atoms with Crippen LogP contribution in [0.25, 0.3) is 0 Å². The fourth-order valence-corrected chi connectivity index (χ4v) is 3.11. The van der Waals surface area contributed by atoms with Crippen molar-refractivity contribution >= 4 is 13.4 Å². The van der Waals surface area contributed by atoms with E-state index in [1.54, 1.807) is 24.3 Å². The van der Waals surface area contributed by atoms with Crippen molar-refractivity contribution in [2.75, 3.05) is 14.2 Å². The summed E-state index contributed by atoms with van der Waals surface area (Å²) in [4.78, 5) is 11.6. The van der Waals surface area contributed by atoms with Gasteiger partial charge in [0.2, 0.25) is 0 Å². The molecule has 0 aliphatic heterocycles. The SMILES string of the molecule is COP(=O)(OC)C(C(C)=O)c1ccccc1. The summed E-state index contributed by atoms with van der Waals surface area (Å²) in [7, 11) is -0.857. The van der Waals surface area contributed by atoms with Crippen LogP contribution in [0, 0.1) is 0 Å². The van der Waals surface area contributed by atoms with Gasteiger partial charge >= 0.3 is 7.60 Å². The lowest BCUT2D eigenvalue weighted by Crippen LogP contribution is -2.11. The minimum absolute atomic E-state index is 0.238. The maximum atomic E-state index is 12.2. The number of hydrogen-bond donors (Lipinski definition) is 0. The summed E-state index contributed by atoms with van der Waals surface area (Å²) < 4.78 is 22.0. The van der Waals surface area contributed by atoms with Gasteiger partial charge in [0.05, 0.1) is 0 Å². The molecule has 0 spiro atoms. The first-order chi connectivity index (χ1) is 7.55. The second-order valence-corrected chi connectivity index (χ2v) is 5.66. The number of rotatable bonds is 5. The normalized spacial score (nSPS) is 13.4. The molecule has 5 heteroatoms. The number of benzene rings is 1. The highest BCUT2D eigenvalue weighted by Crippen LogP contribution is 2.60. The maximum Gasteiger partial charge on any atom is 0.344 e. The molecule has 88 valence electrons. The molecule has 0 aliphatic carbocycles. The van der Waals surface area contributed by atoms with Crippen molar-refractivity contribution in [1.82, 2.24) is 0 Å². The van der Waals surface area contributed by atoms with Gasteiger partial charge in [-0.2, -0.15) is 0 Å². The van der Waals surface area contributed by atoms with E-state index < -0.39 is 13.3 Å². The van der Waals surface area contributed by atoms with E-state index in [1.807, 2.05) is 6.07 Å². The van der Waals surface area contributed by atoms with E-state index in [-0.39, 0.29) is 5.78 Å². The third-order valence-corrected chi connectivity index (χ3v) is 4.64. The zero-order valence-corrected chi connectivity index (χ0v) is 10.4. The molecule has 1 atom stereocenters. The Morgan fingerprint density at radius 3 is 2.06 bits per heavy atom. The molecule has 0 heterocycles. The summed E-state index contributed by atoms with van der Waals surface area (Å²) in [6.07, 6.45) is 0. The van der Waals surface area contributed by atoms with E-state index in [9.17, 15) is 9.36 Å². The first-order valence-electron chi connectivity index (χ1n) is 4.81. The van der Waals surface area contributed by atoms with Gasteiger partial charge in [0.1, 0.15) is 11.4 Å². The van der Waals surface area contributed by atoms with E-state index in [0.717, 1.165) is 0 Å². The fraction of sp³-hybridized carbons (Fsp3) is 0.364. The summed E-state index contributed by atoms with van der Waals surface area (Å²) in [6, 6.07) is 8.85. The lowest BCUT2D eigenvalue weighted by atomic mass is 10.1. The molecule has 0 fully saturated rings. The van der Waals surface area contributed by atoms with Crippen LogP contribution in [0.1, 0.15) is 18.1 Å². The van der Waals surface area contributed by atoms with Crippen molar-refractivity contribution in [3.63, 3.8) is 0 Å². The second kappa shape index (κ2) is 5.39. The molecule has 16 heavy (non-hydrogen) atoms. The molecule has 0 saturated carbocycles. The Morgan fingerprint density at radius 1 is 1.19 bits per heavy atom. The molecular formula is C11H15O4P. The zero-order chi connectivity index (χ0) is 12.2. The highest BCUT2D eigenvalue weighted by atomic mass is 31.2. The van der Waals surface area contributed by atoms with E-state index in [2.05, 4.69) is 0 Å². The van der Waals surface area contributed by atoms with Crippen molar-refractivity contribution in [2.45, 2.75) is 12.6 Å². The van der Waals surface area contributed by atoms with Crippen molar-refractivity contribution in [3.8, 4) is 0 Å². The third-order valence-electron chi connectivity index (χ3n) is 2.33. The van der Waals surface area contributed by atoms with Gasteiger partial charge in [-0.1, -0.05) is 30.3 Å². The third kappa shape index (κ3) is 2.59. The predicted octanol–water partition coefficient (Wildman–Crippen LogP) is 2.80. The van der Waals surface area contributed by atoms with Gasteiger partial charge in [-0.3, -0.25) is 9.36 Å². The molecule has 1 aromatic carbocycles. The summed E-state index contributed by atoms with van der Waals surface area (Å²) in [5, 5.41) is 0. The van der Waals surface area contributed by atoms with Crippen LogP contribution in [0.15, 0.2) is 30.3 Å². The van der Waals surface area contributed by atoms with Crippen LogP contribution < -0.4 is 0 Å². The Labute approximate surface area is 95.1 Å². The average molecular weight is 242 g/mol. The van der Waals surface area contributed by atoms with E-state index >= 15 is 0 Å². The highest BCUT2D eigenvalue weighted by Gasteiger charge is 2.38. The first kappa shape index (κ1) is 13.1. The van der Waals surface area contributed by atoms with Crippen molar-refractivity contribution in [3.05, 3.63) is 35.9 Å². The molecule has 1 aromatic rings. The minimum Gasteiger partial charge on any atom is -0.311 e. The lowest BCUT2D eigenvalue weighted by molar-refractivity contribution is -0.117. The molecule has 0 aliphatic rings. The number of Topliss-reactive ketones (excluding diaryl/α,β-unsaturated/α-hetero) is 1. The van der Waals surface area contributed by atoms with Gasteiger partial charge in [0, 0.05) is 14.2 Å². The number of carbonyl (C=O) groups excluding carboxylic acids is 1. The number of hydrogen-bond acceptors (Lipinski definition) is 4. The van der Waals surface area contributed by atoms with E-state index in [4.69, 9.17) is 9.05 Å². The molecule has 0 N–H and O–H groups in total. The summed E-state index contributed by atoms with van der Waals surface area (Å²) in [5.41, 5.74) is -0.217. The van der Waals surface area contributed by atoms with Crippen LogP contribution in [0.3, 0.4) is 0 Å². The highest BCUT2D eigenvalue weighted by molar-refractivity contribution is 7.55. The lowest BCUT2D eigenvalue weighted by Gasteiger charge is -2.22. The van der Waals surface area contributed by atoms with E-state index in [0.29, 0.717) is 5.56 Å². The molecule has 0 saturated heterocycles. The molecule has 4 nitrogen and oxygen atoms in total. The van der Waals surface area contributed by atoms with Crippen molar-refractivity contribution < 1.29 is 18.4 Å². The van der Waals surface area contributed by atoms with E-state index in [1.165, 1.54) is 21.1 Å². The molecule has 0 radical (unpaired) electrons. The monoisotopic (exact) mass is 242 g/mol. The van der Waals surface area contributed by atoms with Crippen LogP contribution in [0.2, 0.25) is 0 Å². The maximum absolute atomic E-state index is 12.2. The minimum atomic E-state index is -3.42. The van der Waals surface area contributed by atoms with Gasteiger partial charge in [-0.05, 0) is 12.5 Å². The van der Waals surface area contributed by atoms with Crippen molar-refractivity contribution in [2.24, 2.45) is 0 Å². The standard InChI is InChI=1S/C11H15O4P/c1-9(12)11(16(13,14-2)15-3)10-7-5-4-6-8-10/h4-8,11H,1-3H3. The molecule has 0 amide bonds. The number of carbonyl (C=O) groups is 1. The van der Waals surface area contributed by atoms with Gasteiger partial charge in [0.25, 0.3) is 0 Å². The Morgan fingerprint density at radius 2 is 1.69 bits per heavy atom. The van der Waals surface area contributed by atoms with Gasteiger partial charge in [-0.15, -0.1) is 0 Å². The van der Waals surface area contributed by atoms with Crippen LogP contribution >= 0.6 is 7.60 Å². The van der Waals surface area contributed by atoms with Gasteiger partial charge in [0.15, 0.2) is 0 Å². The van der Waals surface area contributed by atoms with Crippen LogP contribution in [-0.2, 0) is 18.4 Å². The van der Waals surface area contributed by atoms with Crippen LogP contribution in [-0.4, -0.2) is 20.0 Å². The largest absolute Gasteiger partial charge is 0.344 e. The molecule has 0 aromatic heterocycles. The fourth-order valence-electron chi connectivity index (χ4n) is 1.56. The first-order valence-corrected chi connectivity index (χ1v) is 6.43. The summed E-state index contributed by atoms with van der Waals surface area (Å²) in [6.45, 7) is 1.38. The summed E-state index contributed by atoms with van der Waals surface area (Å²) in [5.74, 6) is -0.238. The van der Waals surface area contributed by atoms with Gasteiger partial charge < -0.3 is 9.05 Å². The molecule has 1 rings (SSSR count). The second-order valence-electron chi connectivity index (χ2n) is 3.33. The Kier molecular flexibility index (Phi) is 4.42. The van der Waals surface area contributed by atoms with Gasteiger partial charge in [-0.25, -0.2) is 0 Å². The smallest absolute Gasteiger partial charge is 0.311 e. The Hall–Kier alpha value is -0.960. The predicted molar refractivity (Wildman–Crippen MR) is 61.5 cm³/mol. The Bertz CT molecular complexity index is 394. The molecule has 0 bridgehead atoms. The van der Waals surface area contributed by atoms with Crippen LogP contribution in [0.4, 0.5) is 0 Å². The molecular weight excluding hydrogens is 227 g/mol. The zero-order valence-electron chi connectivity index (χ0n) is 9.54. The van der Waals surface area contributed by atoms with Crippen LogP contribution in [0.5, 0.6) is 0 Å². The van der Waals surface area contributed by atoms with Crippen molar-refractivity contribution in [1.29, 1.82) is 0 Å². The average Bonchev–Trinajstić information content (AvgIpc) is 2.30. The summed E-state index contributed by atoms with van der Waals surface area (Å²) >= 11 is 0. The molecule has 1 unspecified atom stereocenters. The number of ketones is 1. The quantitative estimate of drug-likeness (QED) is 0.745.